The predicted octanol–water partition coefficient (Wildman–Crippen LogP) is 2.56. The van der Waals surface area contributed by atoms with Crippen molar-refractivity contribution in [2.75, 3.05) is 36.5 Å². The molecule has 140 valence electrons. The number of para-hydroxylation sites is 1. The first-order valence-corrected chi connectivity index (χ1v) is 8.74. The molecule has 0 spiro atoms. The van der Waals surface area contributed by atoms with Gasteiger partial charge in [-0.05, 0) is 42.5 Å². The summed E-state index contributed by atoms with van der Waals surface area (Å²) in [6.07, 6.45) is 0. The van der Waals surface area contributed by atoms with Crippen LogP contribution in [0.1, 0.15) is 10.4 Å². The molecule has 1 fully saturated rings. The number of amides is 1. The summed E-state index contributed by atoms with van der Waals surface area (Å²) in [4.78, 5) is 24.9. The summed E-state index contributed by atoms with van der Waals surface area (Å²) in [6.45, 7) is 3.11. The van der Waals surface area contributed by atoms with E-state index in [2.05, 4.69) is 15.5 Å². The summed E-state index contributed by atoms with van der Waals surface area (Å²) in [5.74, 6) is -0.635. The van der Waals surface area contributed by atoms with Crippen LogP contribution >= 0.6 is 12.2 Å². The van der Waals surface area contributed by atoms with Gasteiger partial charge in [0.25, 0.3) is 11.6 Å². The van der Waals surface area contributed by atoms with E-state index in [1.807, 2.05) is 24.3 Å². The minimum atomic E-state index is -0.635. The van der Waals surface area contributed by atoms with Crippen molar-refractivity contribution in [3.8, 4) is 0 Å². The third-order valence-electron chi connectivity index (χ3n) is 4.07. The number of ether oxygens (including phenoxy) is 1. The van der Waals surface area contributed by atoms with Crippen LogP contribution in [0.2, 0.25) is 0 Å². The lowest BCUT2D eigenvalue weighted by Gasteiger charge is -2.28. The molecule has 1 aliphatic rings. The Hall–Kier alpha value is -3.04. The molecule has 0 aromatic heterocycles. The number of nitro groups is 1. The SMILES string of the molecule is O=C(NC(=S)Nc1ccc(N2CCOCC2)cc1)c1ccccc1[N+](=O)[O-]. The zero-order valence-electron chi connectivity index (χ0n) is 14.4. The molecule has 0 atom stereocenters. The maximum absolute atomic E-state index is 12.3. The molecule has 0 radical (unpaired) electrons. The zero-order chi connectivity index (χ0) is 19.2. The molecule has 2 aromatic carbocycles. The molecule has 1 saturated heterocycles. The highest BCUT2D eigenvalue weighted by molar-refractivity contribution is 7.80. The number of thiocarbonyl (C=S) groups is 1. The van der Waals surface area contributed by atoms with Crippen molar-refractivity contribution in [1.29, 1.82) is 0 Å². The van der Waals surface area contributed by atoms with Crippen molar-refractivity contribution >= 4 is 40.3 Å². The van der Waals surface area contributed by atoms with Crippen molar-refractivity contribution in [2.24, 2.45) is 0 Å². The fourth-order valence-electron chi connectivity index (χ4n) is 2.73. The highest BCUT2D eigenvalue weighted by Crippen LogP contribution is 2.20. The quantitative estimate of drug-likeness (QED) is 0.473. The number of nitrogens with one attached hydrogen (secondary N) is 2. The Morgan fingerprint density at radius 3 is 2.44 bits per heavy atom. The van der Waals surface area contributed by atoms with E-state index in [1.54, 1.807) is 6.07 Å². The van der Waals surface area contributed by atoms with Crippen LogP contribution in [0.3, 0.4) is 0 Å². The molecule has 0 saturated carbocycles. The van der Waals surface area contributed by atoms with Gasteiger partial charge in [-0.15, -0.1) is 0 Å². The molecule has 1 amide bonds. The first-order chi connectivity index (χ1) is 13.0. The van der Waals surface area contributed by atoms with Gasteiger partial charge in [0.05, 0.1) is 18.1 Å². The second-order valence-electron chi connectivity index (χ2n) is 5.83. The largest absolute Gasteiger partial charge is 0.378 e. The highest BCUT2D eigenvalue weighted by Gasteiger charge is 2.20. The molecule has 0 bridgehead atoms. The van der Waals surface area contributed by atoms with Crippen LogP contribution in [0.5, 0.6) is 0 Å². The fourth-order valence-corrected chi connectivity index (χ4v) is 2.95. The lowest BCUT2D eigenvalue weighted by Crippen LogP contribution is -2.36. The van der Waals surface area contributed by atoms with Gasteiger partial charge in [-0.25, -0.2) is 0 Å². The Balaban J connectivity index is 1.60. The number of carbonyl (C=O) groups is 1. The molecule has 3 rings (SSSR count). The number of morpholine rings is 1. The summed E-state index contributed by atoms with van der Waals surface area (Å²) in [6, 6.07) is 13.3. The summed E-state index contributed by atoms with van der Waals surface area (Å²) in [5.41, 5.74) is 1.47. The van der Waals surface area contributed by atoms with Gasteiger partial charge < -0.3 is 15.0 Å². The molecule has 0 unspecified atom stereocenters. The van der Waals surface area contributed by atoms with E-state index >= 15 is 0 Å². The number of nitrogens with zero attached hydrogens (tertiary/aromatic N) is 2. The minimum Gasteiger partial charge on any atom is -0.378 e. The number of hydrogen-bond acceptors (Lipinski definition) is 6. The van der Waals surface area contributed by atoms with Crippen molar-refractivity contribution in [2.45, 2.75) is 0 Å². The van der Waals surface area contributed by atoms with Gasteiger partial charge in [0.1, 0.15) is 5.56 Å². The Morgan fingerprint density at radius 2 is 1.78 bits per heavy atom. The molecule has 27 heavy (non-hydrogen) atoms. The fraction of sp³-hybridized carbons (Fsp3) is 0.222. The molecule has 1 heterocycles. The van der Waals surface area contributed by atoms with Gasteiger partial charge in [-0.3, -0.25) is 20.2 Å². The first kappa shape index (κ1) is 18.7. The van der Waals surface area contributed by atoms with Gasteiger partial charge in [0, 0.05) is 30.5 Å². The van der Waals surface area contributed by atoms with Gasteiger partial charge in [-0.2, -0.15) is 0 Å². The molecule has 1 aliphatic heterocycles. The van der Waals surface area contributed by atoms with Crippen LogP contribution in [0.15, 0.2) is 48.5 Å². The number of hydrogen-bond donors (Lipinski definition) is 2. The van der Waals surface area contributed by atoms with Crippen molar-refractivity contribution in [1.82, 2.24) is 5.32 Å². The Bertz CT molecular complexity index is 851. The van der Waals surface area contributed by atoms with Crippen LogP contribution in [0.25, 0.3) is 0 Å². The molecule has 0 aliphatic carbocycles. The number of carbonyl (C=O) groups excluding carboxylic acids is 1. The average molecular weight is 386 g/mol. The van der Waals surface area contributed by atoms with Gasteiger partial charge >= 0.3 is 0 Å². The normalized spacial score (nSPS) is 13.7. The van der Waals surface area contributed by atoms with Crippen LogP contribution in [-0.4, -0.2) is 42.2 Å². The maximum Gasteiger partial charge on any atom is 0.282 e. The van der Waals surface area contributed by atoms with Crippen LogP contribution < -0.4 is 15.5 Å². The Morgan fingerprint density at radius 1 is 1.11 bits per heavy atom. The van der Waals surface area contributed by atoms with E-state index in [4.69, 9.17) is 17.0 Å². The lowest BCUT2D eigenvalue weighted by atomic mass is 10.1. The monoisotopic (exact) mass is 386 g/mol. The number of nitro benzene ring substituents is 1. The molecule has 2 aromatic rings. The first-order valence-electron chi connectivity index (χ1n) is 8.33. The third-order valence-corrected chi connectivity index (χ3v) is 4.28. The minimum absolute atomic E-state index is 0.0469. The van der Waals surface area contributed by atoms with Crippen molar-refractivity contribution < 1.29 is 14.5 Å². The van der Waals surface area contributed by atoms with Crippen molar-refractivity contribution in [3.05, 3.63) is 64.2 Å². The van der Waals surface area contributed by atoms with E-state index in [0.29, 0.717) is 18.9 Å². The number of anilines is 2. The summed E-state index contributed by atoms with van der Waals surface area (Å²) in [5, 5.41) is 16.5. The summed E-state index contributed by atoms with van der Waals surface area (Å²) >= 11 is 5.14. The molecule has 9 heteroatoms. The molecule has 8 nitrogen and oxygen atoms in total. The summed E-state index contributed by atoms with van der Waals surface area (Å²) < 4.78 is 5.34. The van der Waals surface area contributed by atoms with E-state index in [-0.39, 0.29) is 16.4 Å². The number of rotatable bonds is 4. The zero-order valence-corrected chi connectivity index (χ0v) is 15.2. The van der Waals surface area contributed by atoms with Crippen LogP contribution in [-0.2, 0) is 4.74 Å². The average Bonchev–Trinajstić information content (AvgIpc) is 2.69. The second kappa shape index (κ2) is 8.56. The molecular formula is C18H18N4O4S. The smallest absolute Gasteiger partial charge is 0.282 e. The standard InChI is InChI=1S/C18H18N4O4S/c23-17(15-3-1-2-4-16(15)22(24)25)20-18(27)19-13-5-7-14(8-6-13)21-9-11-26-12-10-21/h1-8H,9-12H2,(H2,19,20,23,27). The van der Waals surface area contributed by atoms with Gasteiger partial charge in [-0.1, -0.05) is 12.1 Å². The van der Waals surface area contributed by atoms with E-state index < -0.39 is 10.8 Å². The van der Waals surface area contributed by atoms with Crippen molar-refractivity contribution in [3.63, 3.8) is 0 Å². The predicted molar refractivity (Wildman–Crippen MR) is 106 cm³/mol. The Kier molecular flexibility index (Phi) is 5.94. The van der Waals surface area contributed by atoms with E-state index in [1.165, 1.54) is 18.2 Å². The highest BCUT2D eigenvalue weighted by atomic mass is 32.1. The van der Waals surface area contributed by atoms with E-state index in [0.717, 1.165) is 18.8 Å². The topological polar surface area (TPSA) is 96.7 Å². The van der Waals surface area contributed by atoms with Gasteiger partial charge in [0.15, 0.2) is 5.11 Å². The molecular weight excluding hydrogens is 368 g/mol. The van der Waals surface area contributed by atoms with Crippen LogP contribution in [0, 0.1) is 10.1 Å². The maximum atomic E-state index is 12.3. The number of benzene rings is 2. The van der Waals surface area contributed by atoms with E-state index in [9.17, 15) is 14.9 Å². The Labute approximate surface area is 161 Å². The third kappa shape index (κ3) is 4.78. The second-order valence-corrected chi connectivity index (χ2v) is 6.24. The molecule has 2 N–H and O–H groups in total. The summed E-state index contributed by atoms with van der Waals surface area (Å²) in [7, 11) is 0. The van der Waals surface area contributed by atoms with Gasteiger partial charge in [0.2, 0.25) is 0 Å². The lowest BCUT2D eigenvalue weighted by molar-refractivity contribution is -0.385. The van der Waals surface area contributed by atoms with Crippen LogP contribution in [0.4, 0.5) is 17.1 Å².